The predicted octanol–water partition coefficient (Wildman–Crippen LogP) is 5.57. The molecule has 4 heteroatoms. The molecule has 1 atom stereocenters. The third-order valence-electron chi connectivity index (χ3n) is 4.36. The van der Waals surface area contributed by atoms with Crippen LogP contribution in [0.3, 0.4) is 0 Å². The molecule has 0 fully saturated rings. The van der Waals surface area contributed by atoms with Crippen LogP contribution in [0.5, 0.6) is 0 Å². The highest BCUT2D eigenvalue weighted by molar-refractivity contribution is 5.83. The Kier molecular flexibility index (Phi) is 3.08. The number of halogens is 3. The molecule has 0 spiro atoms. The highest BCUT2D eigenvalue weighted by Gasteiger charge is 2.32. The molecular formula is C19H14F3N. The molecule has 3 aromatic rings. The van der Waals surface area contributed by atoms with E-state index in [0.29, 0.717) is 6.42 Å². The van der Waals surface area contributed by atoms with Gasteiger partial charge in [0.1, 0.15) is 0 Å². The summed E-state index contributed by atoms with van der Waals surface area (Å²) >= 11 is 0. The second-order valence-electron chi connectivity index (χ2n) is 5.88. The zero-order valence-corrected chi connectivity index (χ0v) is 12.2. The summed E-state index contributed by atoms with van der Waals surface area (Å²) in [5.74, 6) is 0. The van der Waals surface area contributed by atoms with Gasteiger partial charge in [-0.1, -0.05) is 36.4 Å². The summed E-state index contributed by atoms with van der Waals surface area (Å²) in [5, 5.41) is 5.62. The van der Waals surface area contributed by atoms with E-state index in [2.05, 4.69) is 17.4 Å². The Morgan fingerprint density at radius 1 is 0.870 bits per heavy atom. The van der Waals surface area contributed by atoms with Gasteiger partial charge < -0.3 is 5.32 Å². The molecule has 0 aliphatic carbocycles. The van der Waals surface area contributed by atoms with Gasteiger partial charge in [-0.3, -0.25) is 0 Å². The van der Waals surface area contributed by atoms with Gasteiger partial charge in [-0.2, -0.15) is 13.2 Å². The van der Waals surface area contributed by atoms with Crippen LogP contribution in [0, 0.1) is 0 Å². The van der Waals surface area contributed by atoms with Crippen LogP contribution in [0.25, 0.3) is 10.8 Å². The van der Waals surface area contributed by atoms with E-state index in [-0.39, 0.29) is 6.04 Å². The first-order valence-corrected chi connectivity index (χ1v) is 7.46. The second-order valence-corrected chi connectivity index (χ2v) is 5.88. The van der Waals surface area contributed by atoms with Crippen LogP contribution in [-0.2, 0) is 12.6 Å². The Hall–Kier alpha value is -2.49. The molecule has 0 radical (unpaired) electrons. The smallest absolute Gasteiger partial charge is 0.378 e. The van der Waals surface area contributed by atoms with Crippen molar-refractivity contribution in [1.82, 2.24) is 0 Å². The minimum Gasteiger partial charge on any atom is -0.378 e. The van der Waals surface area contributed by atoms with Gasteiger partial charge in [0.2, 0.25) is 0 Å². The van der Waals surface area contributed by atoms with Gasteiger partial charge in [0.25, 0.3) is 0 Å². The zero-order chi connectivity index (χ0) is 16.0. The van der Waals surface area contributed by atoms with Crippen LogP contribution in [-0.4, -0.2) is 0 Å². The van der Waals surface area contributed by atoms with Crippen molar-refractivity contribution in [2.24, 2.45) is 0 Å². The van der Waals surface area contributed by atoms with Crippen molar-refractivity contribution < 1.29 is 13.2 Å². The molecule has 0 saturated heterocycles. The maximum atomic E-state index is 12.8. The maximum absolute atomic E-state index is 12.8. The number of fused-ring (bicyclic) bond motifs is 2. The second kappa shape index (κ2) is 5.01. The largest absolute Gasteiger partial charge is 0.416 e. The van der Waals surface area contributed by atoms with Crippen LogP contribution in [0.15, 0.2) is 60.7 Å². The third kappa shape index (κ3) is 2.54. The molecule has 1 nitrogen and oxygen atoms in total. The summed E-state index contributed by atoms with van der Waals surface area (Å²) < 4.78 is 38.5. The molecule has 0 saturated carbocycles. The topological polar surface area (TPSA) is 12.0 Å². The van der Waals surface area contributed by atoms with Crippen molar-refractivity contribution in [2.75, 3.05) is 5.32 Å². The number of benzene rings is 3. The molecule has 1 unspecified atom stereocenters. The summed E-state index contributed by atoms with van der Waals surface area (Å²) in [6, 6.07) is 18.2. The third-order valence-corrected chi connectivity index (χ3v) is 4.36. The molecule has 23 heavy (non-hydrogen) atoms. The van der Waals surface area contributed by atoms with E-state index in [1.807, 2.05) is 30.3 Å². The Balaban J connectivity index is 1.66. The van der Waals surface area contributed by atoms with E-state index in [0.717, 1.165) is 33.7 Å². The Morgan fingerprint density at radius 2 is 1.65 bits per heavy atom. The van der Waals surface area contributed by atoms with Crippen LogP contribution in [0.1, 0.15) is 22.7 Å². The van der Waals surface area contributed by atoms with Crippen molar-refractivity contribution in [3.8, 4) is 0 Å². The lowest BCUT2D eigenvalue weighted by Crippen LogP contribution is -2.05. The van der Waals surface area contributed by atoms with Crippen LogP contribution >= 0.6 is 0 Å². The number of nitrogens with one attached hydrogen (secondary N) is 1. The number of hydrogen-bond donors (Lipinski definition) is 1. The van der Waals surface area contributed by atoms with Crippen molar-refractivity contribution in [2.45, 2.75) is 18.6 Å². The van der Waals surface area contributed by atoms with Gasteiger partial charge in [-0.05, 0) is 52.6 Å². The van der Waals surface area contributed by atoms with E-state index in [4.69, 9.17) is 0 Å². The Morgan fingerprint density at radius 3 is 2.43 bits per heavy atom. The van der Waals surface area contributed by atoms with Crippen molar-refractivity contribution in [3.05, 3.63) is 77.4 Å². The van der Waals surface area contributed by atoms with E-state index in [1.54, 1.807) is 0 Å². The molecule has 4 rings (SSSR count). The van der Waals surface area contributed by atoms with E-state index in [9.17, 15) is 13.2 Å². The first-order chi connectivity index (χ1) is 11.0. The summed E-state index contributed by atoms with van der Waals surface area (Å²) in [4.78, 5) is 0. The number of hydrogen-bond acceptors (Lipinski definition) is 1. The minimum absolute atomic E-state index is 0.0121. The van der Waals surface area contributed by atoms with Gasteiger partial charge in [0.05, 0.1) is 11.6 Å². The average Bonchev–Trinajstić information content (AvgIpc) is 2.96. The fraction of sp³-hybridized carbons (Fsp3) is 0.158. The molecule has 3 aromatic carbocycles. The van der Waals surface area contributed by atoms with Gasteiger partial charge in [-0.15, -0.1) is 0 Å². The van der Waals surface area contributed by atoms with Crippen LogP contribution < -0.4 is 5.32 Å². The summed E-state index contributed by atoms with van der Waals surface area (Å²) in [5.41, 5.74) is 2.01. The van der Waals surface area contributed by atoms with Crippen molar-refractivity contribution in [3.63, 3.8) is 0 Å². The Labute approximate surface area is 131 Å². The lowest BCUT2D eigenvalue weighted by Gasteiger charge is -2.12. The maximum Gasteiger partial charge on any atom is 0.416 e. The molecule has 0 aromatic heterocycles. The normalized spacial score (nSPS) is 17.1. The van der Waals surface area contributed by atoms with Gasteiger partial charge in [0, 0.05) is 5.69 Å². The van der Waals surface area contributed by atoms with Crippen LogP contribution in [0.4, 0.5) is 18.9 Å². The minimum atomic E-state index is -4.30. The number of rotatable bonds is 1. The van der Waals surface area contributed by atoms with Crippen molar-refractivity contribution >= 4 is 16.5 Å². The summed E-state index contributed by atoms with van der Waals surface area (Å²) in [7, 11) is 0. The fourth-order valence-electron chi connectivity index (χ4n) is 3.16. The van der Waals surface area contributed by atoms with E-state index >= 15 is 0 Å². The molecule has 116 valence electrons. The first-order valence-electron chi connectivity index (χ1n) is 7.46. The SMILES string of the molecule is FC(F)(F)c1ccc2c(c1)CC(c1ccc3ccccc3c1)N2. The summed E-state index contributed by atoms with van der Waals surface area (Å²) in [6.45, 7) is 0. The molecule has 1 heterocycles. The van der Waals surface area contributed by atoms with E-state index < -0.39 is 11.7 Å². The van der Waals surface area contributed by atoms with E-state index in [1.165, 1.54) is 12.1 Å². The molecule has 0 bridgehead atoms. The summed E-state index contributed by atoms with van der Waals surface area (Å²) in [6.07, 6.45) is -3.73. The molecule has 0 amide bonds. The molecule has 1 N–H and O–H groups in total. The van der Waals surface area contributed by atoms with Crippen LogP contribution in [0.2, 0.25) is 0 Å². The highest BCUT2D eigenvalue weighted by atomic mass is 19.4. The van der Waals surface area contributed by atoms with Gasteiger partial charge in [0.15, 0.2) is 0 Å². The zero-order valence-electron chi connectivity index (χ0n) is 12.2. The number of anilines is 1. The quantitative estimate of drug-likeness (QED) is 0.619. The monoisotopic (exact) mass is 313 g/mol. The van der Waals surface area contributed by atoms with Crippen molar-refractivity contribution in [1.29, 1.82) is 0 Å². The first kappa shape index (κ1) is 14.1. The number of alkyl halides is 3. The molecule has 1 aliphatic heterocycles. The lowest BCUT2D eigenvalue weighted by atomic mass is 9.99. The average molecular weight is 313 g/mol. The van der Waals surface area contributed by atoms with Gasteiger partial charge >= 0.3 is 6.18 Å². The standard InChI is InChI=1S/C19H14F3N/c20-19(21,22)16-7-8-17-15(10-16)11-18(23-17)14-6-5-12-3-1-2-4-13(12)9-14/h1-10,18,23H,11H2. The molecular weight excluding hydrogens is 299 g/mol. The fourth-order valence-corrected chi connectivity index (χ4v) is 3.16. The van der Waals surface area contributed by atoms with Gasteiger partial charge in [-0.25, -0.2) is 0 Å². The Bertz CT molecular complexity index is 883. The highest BCUT2D eigenvalue weighted by Crippen LogP contribution is 2.38. The lowest BCUT2D eigenvalue weighted by molar-refractivity contribution is -0.137. The predicted molar refractivity (Wildman–Crippen MR) is 85.5 cm³/mol. The molecule has 1 aliphatic rings.